The van der Waals surface area contributed by atoms with Crippen molar-refractivity contribution in [2.75, 3.05) is 11.9 Å². The lowest BCUT2D eigenvalue weighted by molar-refractivity contribution is 0.102. The van der Waals surface area contributed by atoms with Crippen LogP contribution < -0.4 is 5.32 Å². The van der Waals surface area contributed by atoms with Crippen LogP contribution in [0.5, 0.6) is 0 Å². The van der Waals surface area contributed by atoms with E-state index in [9.17, 15) is 4.79 Å². The highest BCUT2D eigenvalue weighted by Crippen LogP contribution is 2.22. The molecule has 0 unspecified atom stereocenters. The minimum Gasteiger partial charge on any atom is -0.320 e. The smallest absolute Gasteiger partial charge is 0.286 e. The summed E-state index contributed by atoms with van der Waals surface area (Å²) in [5.41, 5.74) is 3.47. The summed E-state index contributed by atoms with van der Waals surface area (Å²) in [5.74, 6) is -0.250. The van der Waals surface area contributed by atoms with Crippen molar-refractivity contribution in [2.24, 2.45) is 0 Å². The fourth-order valence-electron chi connectivity index (χ4n) is 3.01. The highest BCUT2D eigenvalue weighted by atomic mass is 35.5. The number of nitrogens with zero attached hydrogens (tertiary/aromatic N) is 3. The second kappa shape index (κ2) is 7.53. The van der Waals surface area contributed by atoms with Crippen LogP contribution in [0.4, 0.5) is 5.69 Å². The van der Waals surface area contributed by atoms with E-state index in [2.05, 4.69) is 44.7 Å². The Balaban J connectivity index is 1.39. The number of nitrogens with one attached hydrogen (secondary N) is 1. The van der Waals surface area contributed by atoms with Crippen molar-refractivity contribution < 1.29 is 4.79 Å². The molecule has 0 spiro atoms. The van der Waals surface area contributed by atoms with Crippen LogP contribution >= 0.6 is 22.9 Å². The minimum absolute atomic E-state index is 0.250. The summed E-state index contributed by atoms with van der Waals surface area (Å²) in [6.45, 7) is 2.60. The quantitative estimate of drug-likeness (QED) is 0.738. The van der Waals surface area contributed by atoms with Crippen LogP contribution in [0, 0.1) is 0 Å². The fourth-order valence-corrected chi connectivity index (χ4v) is 3.91. The fraction of sp³-hybridized carbons (Fsp3) is 0.211. The Morgan fingerprint density at radius 2 is 1.88 bits per heavy atom. The summed E-state index contributed by atoms with van der Waals surface area (Å²) >= 11 is 7.19. The number of hydrogen-bond donors (Lipinski definition) is 1. The van der Waals surface area contributed by atoms with Crippen molar-refractivity contribution >= 4 is 34.5 Å². The molecule has 26 heavy (non-hydrogen) atoms. The van der Waals surface area contributed by atoms with E-state index in [0.29, 0.717) is 22.3 Å². The lowest BCUT2D eigenvalue weighted by Gasteiger charge is -2.27. The van der Waals surface area contributed by atoms with Gasteiger partial charge in [-0.05, 0) is 41.8 Å². The van der Waals surface area contributed by atoms with Gasteiger partial charge in [-0.15, -0.1) is 10.2 Å². The SMILES string of the molecule is O=C(Nc1ccc(Cl)cc1)c1nnc(CN2CCc3ccccc3C2)s1. The first-order chi connectivity index (χ1) is 12.7. The Morgan fingerprint density at radius 3 is 2.69 bits per heavy atom. The second-order valence-electron chi connectivity index (χ2n) is 6.19. The normalized spacial score (nSPS) is 14.0. The zero-order valence-corrected chi connectivity index (χ0v) is 15.6. The first kappa shape index (κ1) is 17.1. The van der Waals surface area contributed by atoms with Crippen molar-refractivity contribution in [3.05, 3.63) is 74.7 Å². The Labute approximate surface area is 160 Å². The monoisotopic (exact) mass is 384 g/mol. The average molecular weight is 385 g/mol. The van der Waals surface area contributed by atoms with E-state index in [0.717, 1.165) is 24.5 Å². The van der Waals surface area contributed by atoms with Gasteiger partial charge in [0.15, 0.2) is 0 Å². The van der Waals surface area contributed by atoms with Gasteiger partial charge in [-0.3, -0.25) is 9.69 Å². The van der Waals surface area contributed by atoms with Gasteiger partial charge in [0.1, 0.15) is 5.01 Å². The molecule has 1 N–H and O–H groups in total. The molecule has 5 nitrogen and oxygen atoms in total. The standard InChI is InChI=1S/C19H17ClN4OS/c20-15-5-7-16(8-6-15)21-18(25)19-23-22-17(26-19)12-24-10-9-13-3-1-2-4-14(13)11-24/h1-8H,9-12H2,(H,21,25). The number of carbonyl (C=O) groups excluding carboxylic acids is 1. The Bertz CT molecular complexity index is 925. The summed E-state index contributed by atoms with van der Waals surface area (Å²) in [6, 6.07) is 15.5. The number of benzene rings is 2. The first-order valence-electron chi connectivity index (χ1n) is 8.36. The van der Waals surface area contributed by atoms with Gasteiger partial charge in [0.25, 0.3) is 5.91 Å². The molecule has 0 radical (unpaired) electrons. The zero-order valence-electron chi connectivity index (χ0n) is 14.0. The lowest BCUT2D eigenvalue weighted by Crippen LogP contribution is -2.29. The predicted molar refractivity (Wildman–Crippen MR) is 104 cm³/mol. The molecule has 2 aromatic carbocycles. The largest absolute Gasteiger partial charge is 0.320 e. The van der Waals surface area contributed by atoms with Crippen LogP contribution in [0.25, 0.3) is 0 Å². The Morgan fingerprint density at radius 1 is 1.12 bits per heavy atom. The maximum absolute atomic E-state index is 12.3. The topological polar surface area (TPSA) is 58.1 Å². The second-order valence-corrected chi connectivity index (χ2v) is 7.69. The van der Waals surface area contributed by atoms with Crippen LogP contribution in [-0.4, -0.2) is 27.5 Å². The molecule has 1 aromatic heterocycles. The Kier molecular flexibility index (Phi) is 4.97. The van der Waals surface area contributed by atoms with E-state index < -0.39 is 0 Å². The number of halogens is 1. The minimum atomic E-state index is -0.250. The molecule has 1 aliphatic heterocycles. The molecule has 0 atom stereocenters. The van der Waals surface area contributed by atoms with Crippen LogP contribution in [0.2, 0.25) is 5.02 Å². The van der Waals surface area contributed by atoms with E-state index in [1.807, 2.05) is 0 Å². The molecule has 3 aromatic rings. The van der Waals surface area contributed by atoms with E-state index in [1.54, 1.807) is 24.3 Å². The lowest BCUT2D eigenvalue weighted by atomic mass is 10.0. The molecule has 0 fully saturated rings. The Hall–Kier alpha value is -2.28. The van der Waals surface area contributed by atoms with E-state index in [-0.39, 0.29) is 5.91 Å². The number of hydrogen-bond acceptors (Lipinski definition) is 5. The third kappa shape index (κ3) is 3.93. The summed E-state index contributed by atoms with van der Waals surface area (Å²) in [6.07, 6.45) is 1.04. The number of rotatable bonds is 4. The van der Waals surface area contributed by atoms with Gasteiger partial charge >= 0.3 is 0 Å². The molecule has 0 aliphatic carbocycles. The maximum Gasteiger partial charge on any atom is 0.286 e. The third-order valence-corrected chi connectivity index (χ3v) is 5.49. The first-order valence-corrected chi connectivity index (χ1v) is 9.55. The van der Waals surface area contributed by atoms with Gasteiger partial charge in [-0.1, -0.05) is 47.2 Å². The van der Waals surface area contributed by atoms with E-state index >= 15 is 0 Å². The van der Waals surface area contributed by atoms with Crippen molar-refractivity contribution in [1.82, 2.24) is 15.1 Å². The summed E-state index contributed by atoms with van der Waals surface area (Å²) in [5, 5.41) is 12.9. The number of amides is 1. The molecule has 2 heterocycles. The van der Waals surface area contributed by atoms with Crippen molar-refractivity contribution in [1.29, 1.82) is 0 Å². The summed E-state index contributed by atoms with van der Waals surface area (Å²) in [7, 11) is 0. The van der Waals surface area contributed by atoms with Gasteiger partial charge in [0, 0.05) is 23.8 Å². The van der Waals surface area contributed by atoms with Crippen LogP contribution in [0.3, 0.4) is 0 Å². The molecule has 1 aliphatic rings. The molecule has 0 saturated carbocycles. The highest BCUT2D eigenvalue weighted by molar-refractivity contribution is 7.13. The van der Waals surface area contributed by atoms with Gasteiger partial charge in [-0.2, -0.15) is 0 Å². The maximum atomic E-state index is 12.3. The molecule has 1 amide bonds. The third-order valence-electron chi connectivity index (χ3n) is 4.33. The number of aromatic nitrogens is 2. The average Bonchev–Trinajstić information content (AvgIpc) is 3.12. The van der Waals surface area contributed by atoms with Gasteiger partial charge in [-0.25, -0.2) is 0 Å². The molecule has 7 heteroatoms. The van der Waals surface area contributed by atoms with Crippen molar-refractivity contribution in [3.63, 3.8) is 0 Å². The van der Waals surface area contributed by atoms with Gasteiger partial charge < -0.3 is 5.32 Å². The number of fused-ring (bicyclic) bond motifs is 1. The molecule has 4 rings (SSSR count). The predicted octanol–water partition coefficient (Wildman–Crippen LogP) is 4.00. The summed E-state index contributed by atoms with van der Waals surface area (Å²) in [4.78, 5) is 14.7. The van der Waals surface area contributed by atoms with Crippen LogP contribution in [0.15, 0.2) is 48.5 Å². The molecule has 0 saturated heterocycles. The van der Waals surface area contributed by atoms with Crippen molar-refractivity contribution in [2.45, 2.75) is 19.5 Å². The molecular formula is C19H17ClN4OS. The number of anilines is 1. The number of carbonyl (C=O) groups is 1. The highest BCUT2D eigenvalue weighted by Gasteiger charge is 2.19. The molecule has 132 valence electrons. The molecular weight excluding hydrogens is 368 g/mol. The van der Waals surface area contributed by atoms with Gasteiger partial charge in [0.2, 0.25) is 5.01 Å². The van der Waals surface area contributed by atoms with E-state index in [1.165, 1.54) is 22.5 Å². The summed E-state index contributed by atoms with van der Waals surface area (Å²) < 4.78 is 0. The van der Waals surface area contributed by atoms with Gasteiger partial charge in [0.05, 0.1) is 6.54 Å². The van der Waals surface area contributed by atoms with Crippen molar-refractivity contribution in [3.8, 4) is 0 Å². The zero-order chi connectivity index (χ0) is 17.9. The van der Waals surface area contributed by atoms with E-state index in [4.69, 9.17) is 11.6 Å². The molecule has 0 bridgehead atoms. The van der Waals surface area contributed by atoms with Crippen LogP contribution in [-0.2, 0) is 19.5 Å². The van der Waals surface area contributed by atoms with Crippen LogP contribution in [0.1, 0.15) is 25.9 Å².